The molecule has 1 aliphatic rings. The summed E-state index contributed by atoms with van der Waals surface area (Å²) in [6.07, 6.45) is 1.72. The van der Waals surface area contributed by atoms with E-state index in [9.17, 15) is 9.59 Å². The van der Waals surface area contributed by atoms with Gasteiger partial charge in [-0.15, -0.1) is 11.8 Å². The maximum absolute atomic E-state index is 13.7. The lowest BCUT2D eigenvalue weighted by molar-refractivity contribution is -0.119. The Labute approximate surface area is 198 Å². The third-order valence-electron chi connectivity index (χ3n) is 6.12. The minimum Gasteiger partial charge on any atom is -0.324 e. The molecule has 0 saturated carbocycles. The minimum absolute atomic E-state index is 0.124. The Morgan fingerprint density at radius 2 is 1.88 bits per heavy atom. The van der Waals surface area contributed by atoms with Gasteiger partial charge in [-0.25, -0.2) is 9.67 Å². The van der Waals surface area contributed by atoms with E-state index < -0.39 is 6.04 Å². The molecule has 0 spiro atoms. The topological polar surface area (TPSA) is 80.1 Å². The minimum atomic E-state index is -0.532. The van der Waals surface area contributed by atoms with Gasteiger partial charge < -0.3 is 10.2 Å². The predicted octanol–water partition coefficient (Wildman–Crippen LogP) is 4.91. The molecular weight excluding hydrogens is 434 g/mol. The third kappa shape index (κ3) is 4.49. The number of rotatable bonds is 5. The van der Waals surface area contributed by atoms with Crippen molar-refractivity contribution in [2.75, 3.05) is 16.9 Å². The quantitative estimate of drug-likeness (QED) is 0.579. The van der Waals surface area contributed by atoms with Crippen molar-refractivity contribution in [3.05, 3.63) is 52.8 Å². The number of hydrogen-bond donors (Lipinski definition) is 1. The van der Waals surface area contributed by atoms with E-state index in [2.05, 4.69) is 24.3 Å². The largest absolute Gasteiger partial charge is 0.324 e. The number of fused-ring (bicyclic) bond motifs is 1. The highest BCUT2D eigenvalue weighted by Gasteiger charge is 2.36. The van der Waals surface area contributed by atoms with E-state index in [0.29, 0.717) is 22.8 Å². The van der Waals surface area contributed by atoms with E-state index in [4.69, 9.17) is 4.98 Å². The molecule has 0 aliphatic carbocycles. The Balaban J connectivity index is 1.66. The van der Waals surface area contributed by atoms with Crippen molar-refractivity contribution in [2.24, 2.45) is 0 Å². The summed E-state index contributed by atoms with van der Waals surface area (Å²) in [4.78, 5) is 33.4. The molecule has 8 heteroatoms. The molecule has 1 saturated heterocycles. The first-order valence-corrected chi connectivity index (χ1v) is 12.5. The highest BCUT2D eigenvalue weighted by atomic mass is 32.2. The number of anilines is 1. The van der Waals surface area contributed by atoms with Gasteiger partial charge in [0.1, 0.15) is 6.04 Å². The SMILES string of the molecule is Cc1ccc(NC(=O)C2CSCN2C(=O)c2cc(C(C)C)nc3c2cnn3C(C)C)cc1C. The first kappa shape index (κ1) is 23.3. The molecule has 1 N–H and O–H groups in total. The van der Waals surface area contributed by atoms with Gasteiger partial charge in [-0.2, -0.15) is 5.10 Å². The molecule has 3 aromatic rings. The summed E-state index contributed by atoms with van der Waals surface area (Å²) < 4.78 is 1.85. The van der Waals surface area contributed by atoms with Crippen molar-refractivity contribution in [3.8, 4) is 0 Å². The van der Waals surface area contributed by atoms with Crippen LogP contribution in [0.1, 0.15) is 66.8 Å². The summed E-state index contributed by atoms with van der Waals surface area (Å²) in [5, 5.41) is 8.21. The fourth-order valence-corrected chi connectivity index (χ4v) is 5.10. The number of aromatic nitrogens is 3. The third-order valence-corrected chi connectivity index (χ3v) is 7.13. The fraction of sp³-hybridized carbons (Fsp3) is 0.440. The summed E-state index contributed by atoms with van der Waals surface area (Å²) >= 11 is 1.59. The van der Waals surface area contributed by atoms with Gasteiger partial charge in [0.05, 0.1) is 23.0 Å². The Kier molecular flexibility index (Phi) is 6.47. The molecule has 174 valence electrons. The number of nitrogens with one attached hydrogen (secondary N) is 1. The lowest BCUT2D eigenvalue weighted by atomic mass is 10.0. The number of thioether (sulfide) groups is 1. The highest BCUT2D eigenvalue weighted by molar-refractivity contribution is 7.99. The van der Waals surface area contributed by atoms with Crippen LogP contribution in [-0.4, -0.2) is 49.2 Å². The van der Waals surface area contributed by atoms with Gasteiger partial charge in [-0.3, -0.25) is 9.59 Å². The zero-order valence-electron chi connectivity index (χ0n) is 20.0. The molecule has 2 amide bonds. The van der Waals surface area contributed by atoms with Crippen molar-refractivity contribution >= 4 is 40.3 Å². The van der Waals surface area contributed by atoms with Crippen LogP contribution in [-0.2, 0) is 4.79 Å². The standard InChI is InChI=1S/C25H31N5O2S/c1-14(2)21-10-19(20-11-26-30(15(3)4)23(20)28-21)25(32)29-13-33-12-22(29)24(31)27-18-8-7-16(5)17(6)9-18/h7-11,14-15,22H,12-13H2,1-6H3,(H,27,31). The zero-order chi connectivity index (χ0) is 23.9. The molecule has 1 aliphatic heterocycles. The van der Waals surface area contributed by atoms with Crippen molar-refractivity contribution < 1.29 is 9.59 Å². The number of carbonyl (C=O) groups excluding carboxylic acids is 2. The molecule has 3 heterocycles. The summed E-state index contributed by atoms with van der Waals surface area (Å²) in [6, 6.07) is 7.31. The van der Waals surface area contributed by atoms with Crippen LogP contribution in [0.25, 0.3) is 11.0 Å². The van der Waals surface area contributed by atoms with Gasteiger partial charge in [0.2, 0.25) is 5.91 Å². The molecule has 0 radical (unpaired) electrons. The first-order valence-electron chi connectivity index (χ1n) is 11.3. The van der Waals surface area contributed by atoms with Crippen LogP contribution in [0.3, 0.4) is 0 Å². The fourth-order valence-electron chi connectivity index (χ4n) is 3.95. The van der Waals surface area contributed by atoms with E-state index in [1.54, 1.807) is 22.9 Å². The average Bonchev–Trinajstić information content (AvgIpc) is 3.42. The van der Waals surface area contributed by atoms with E-state index >= 15 is 0 Å². The summed E-state index contributed by atoms with van der Waals surface area (Å²) in [5.41, 5.74) is 5.15. The van der Waals surface area contributed by atoms with Crippen molar-refractivity contribution in [1.82, 2.24) is 19.7 Å². The van der Waals surface area contributed by atoms with Crippen LogP contribution in [0.4, 0.5) is 5.69 Å². The highest BCUT2D eigenvalue weighted by Crippen LogP contribution is 2.29. The Morgan fingerprint density at radius 3 is 2.55 bits per heavy atom. The number of carbonyl (C=O) groups is 2. The van der Waals surface area contributed by atoms with E-state index in [0.717, 1.165) is 22.3 Å². The Morgan fingerprint density at radius 1 is 1.12 bits per heavy atom. The second-order valence-corrected chi connectivity index (χ2v) is 10.2. The molecule has 1 fully saturated rings. The lowest BCUT2D eigenvalue weighted by Gasteiger charge is -2.24. The number of benzene rings is 1. The normalized spacial score (nSPS) is 16.2. The van der Waals surface area contributed by atoms with E-state index in [1.165, 1.54) is 5.56 Å². The first-order chi connectivity index (χ1) is 15.7. The molecule has 0 bridgehead atoms. The van der Waals surface area contributed by atoms with E-state index in [-0.39, 0.29) is 23.8 Å². The predicted molar refractivity (Wildman–Crippen MR) is 134 cm³/mol. The number of nitrogens with zero attached hydrogens (tertiary/aromatic N) is 4. The van der Waals surface area contributed by atoms with Gasteiger partial charge in [-0.05, 0) is 62.9 Å². The van der Waals surface area contributed by atoms with E-state index in [1.807, 2.05) is 56.6 Å². The van der Waals surface area contributed by atoms with Crippen molar-refractivity contribution in [3.63, 3.8) is 0 Å². The van der Waals surface area contributed by atoms with Gasteiger partial charge in [0.15, 0.2) is 5.65 Å². The summed E-state index contributed by atoms with van der Waals surface area (Å²) in [7, 11) is 0. The lowest BCUT2D eigenvalue weighted by Crippen LogP contribution is -2.44. The van der Waals surface area contributed by atoms with Crippen LogP contribution < -0.4 is 5.32 Å². The van der Waals surface area contributed by atoms with Crippen LogP contribution >= 0.6 is 11.8 Å². The average molecular weight is 466 g/mol. The Hall–Kier alpha value is -2.87. The molecule has 1 unspecified atom stereocenters. The maximum Gasteiger partial charge on any atom is 0.256 e. The molecule has 33 heavy (non-hydrogen) atoms. The molecule has 7 nitrogen and oxygen atoms in total. The summed E-state index contributed by atoms with van der Waals surface area (Å²) in [5.74, 6) is 0.886. The van der Waals surface area contributed by atoms with Crippen molar-refractivity contribution in [2.45, 2.75) is 59.5 Å². The number of aryl methyl sites for hydroxylation is 2. The number of hydrogen-bond acceptors (Lipinski definition) is 5. The van der Waals surface area contributed by atoms with Crippen LogP contribution in [0.2, 0.25) is 0 Å². The van der Waals surface area contributed by atoms with Crippen LogP contribution in [0, 0.1) is 13.8 Å². The number of amides is 2. The van der Waals surface area contributed by atoms with Crippen molar-refractivity contribution in [1.29, 1.82) is 0 Å². The zero-order valence-corrected chi connectivity index (χ0v) is 20.9. The van der Waals surface area contributed by atoms with Gasteiger partial charge in [0, 0.05) is 23.2 Å². The molecule has 1 atom stereocenters. The summed E-state index contributed by atoms with van der Waals surface area (Å²) in [6.45, 7) is 12.3. The van der Waals surface area contributed by atoms with Gasteiger partial charge in [-0.1, -0.05) is 19.9 Å². The molecule has 1 aromatic carbocycles. The molecule has 4 rings (SSSR count). The number of pyridine rings is 1. The second-order valence-electron chi connectivity index (χ2n) is 9.25. The molecule has 2 aromatic heterocycles. The Bertz CT molecular complexity index is 1220. The maximum atomic E-state index is 13.7. The smallest absolute Gasteiger partial charge is 0.256 e. The van der Waals surface area contributed by atoms with Gasteiger partial charge in [0.25, 0.3) is 5.91 Å². The molecular formula is C25H31N5O2S. The van der Waals surface area contributed by atoms with Crippen LogP contribution in [0.15, 0.2) is 30.5 Å². The second kappa shape index (κ2) is 9.17. The monoisotopic (exact) mass is 465 g/mol. The van der Waals surface area contributed by atoms with Gasteiger partial charge >= 0.3 is 0 Å². The van der Waals surface area contributed by atoms with Crippen LogP contribution in [0.5, 0.6) is 0 Å².